The topological polar surface area (TPSA) is 130 Å². The molecule has 0 radical (unpaired) electrons. The van der Waals surface area contributed by atoms with E-state index in [0.717, 1.165) is 0 Å². The summed E-state index contributed by atoms with van der Waals surface area (Å²) < 4.78 is 1.59. The standard InChI is InChI=1S/C13H17N5O3S/c1-13(4-19)3-6(8(20)9(13)21)18-5-15-7-10(14)16-12(22-2)17-11(7)18/h5,9,19-21H,3-4H2,1-2H3,(H2,14,16,17)/t9-,13+/m0/s1. The first-order valence-corrected chi connectivity index (χ1v) is 7.89. The van der Waals surface area contributed by atoms with Crippen molar-refractivity contribution in [1.29, 1.82) is 0 Å². The molecule has 2 aromatic rings. The molecule has 22 heavy (non-hydrogen) atoms. The molecule has 0 aliphatic heterocycles. The molecule has 0 saturated carbocycles. The minimum absolute atomic E-state index is 0.182. The van der Waals surface area contributed by atoms with E-state index in [-0.39, 0.29) is 18.2 Å². The van der Waals surface area contributed by atoms with Gasteiger partial charge < -0.3 is 21.1 Å². The summed E-state index contributed by atoms with van der Waals surface area (Å²) in [4.78, 5) is 12.7. The van der Waals surface area contributed by atoms with Crippen LogP contribution in [-0.2, 0) is 0 Å². The van der Waals surface area contributed by atoms with Gasteiger partial charge in [-0.05, 0) is 6.26 Å². The van der Waals surface area contributed by atoms with Gasteiger partial charge in [0.05, 0.1) is 12.3 Å². The Kier molecular flexibility index (Phi) is 3.50. The number of thioether (sulfide) groups is 1. The molecule has 118 valence electrons. The first-order chi connectivity index (χ1) is 10.4. The van der Waals surface area contributed by atoms with Crippen molar-refractivity contribution >= 4 is 34.4 Å². The lowest BCUT2D eigenvalue weighted by Crippen LogP contribution is -2.32. The Labute approximate surface area is 130 Å². The number of anilines is 1. The van der Waals surface area contributed by atoms with Crippen LogP contribution in [0.25, 0.3) is 16.9 Å². The maximum Gasteiger partial charge on any atom is 0.191 e. The van der Waals surface area contributed by atoms with E-state index < -0.39 is 11.5 Å². The van der Waals surface area contributed by atoms with Crippen molar-refractivity contribution in [2.45, 2.75) is 24.6 Å². The summed E-state index contributed by atoms with van der Waals surface area (Å²) in [6, 6.07) is 0. The molecule has 5 N–H and O–H groups in total. The van der Waals surface area contributed by atoms with E-state index in [4.69, 9.17) is 5.73 Å². The molecular weight excluding hydrogens is 306 g/mol. The molecule has 2 heterocycles. The number of aliphatic hydroxyl groups is 3. The quantitative estimate of drug-likeness (QED) is 0.478. The van der Waals surface area contributed by atoms with Crippen molar-refractivity contribution in [3.05, 3.63) is 12.1 Å². The molecule has 9 heteroatoms. The zero-order valence-corrected chi connectivity index (χ0v) is 13.0. The predicted molar refractivity (Wildman–Crippen MR) is 83.2 cm³/mol. The van der Waals surface area contributed by atoms with Crippen LogP contribution in [0.4, 0.5) is 5.82 Å². The Bertz CT molecular complexity index is 774. The second kappa shape index (κ2) is 5.11. The molecule has 0 fully saturated rings. The zero-order valence-electron chi connectivity index (χ0n) is 12.2. The number of aromatic nitrogens is 4. The highest BCUT2D eigenvalue weighted by Crippen LogP contribution is 2.43. The number of imidazole rings is 1. The second-order valence-corrected chi connectivity index (χ2v) is 6.38. The second-order valence-electron chi connectivity index (χ2n) is 5.61. The molecule has 0 amide bonds. The molecule has 2 aromatic heterocycles. The first-order valence-electron chi connectivity index (χ1n) is 6.67. The third-order valence-corrected chi connectivity index (χ3v) is 4.57. The van der Waals surface area contributed by atoms with Gasteiger partial charge in [-0.1, -0.05) is 18.7 Å². The van der Waals surface area contributed by atoms with Gasteiger partial charge >= 0.3 is 0 Å². The molecule has 1 aliphatic carbocycles. The van der Waals surface area contributed by atoms with E-state index in [0.29, 0.717) is 28.4 Å². The number of nitrogens with two attached hydrogens (primary N) is 1. The van der Waals surface area contributed by atoms with E-state index in [2.05, 4.69) is 15.0 Å². The fourth-order valence-electron chi connectivity index (χ4n) is 2.60. The Morgan fingerprint density at radius 2 is 2.23 bits per heavy atom. The molecule has 0 spiro atoms. The SMILES string of the molecule is CSc1nc(N)c2ncn(C3=C(O)[C@H](O)[C@@](C)(CO)C3)c2n1. The van der Waals surface area contributed by atoms with Gasteiger partial charge in [0.1, 0.15) is 18.2 Å². The third-order valence-electron chi connectivity index (χ3n) is 4.02. The van der Waals surface area contributed by atoms with Crippen LogP contribution in [0.5, 0.6) is 0 Å². The van der Waals surface area contributed by atoms with Crippen LogP contribution in [-0.4, -0.2) is 53.8 Å². The highest BCUT2D eigenvalue weighted by Gasteiger charge is 2.44. The molecular formula is C13H17N5O3S. The van der Waals surface area contributed by atoms with Crippen LogP contribution in [0.2, 0.25) is 0 Å². The van der Waals surface area contributed by atoms with Crippen molar-refractivity contribution < 1.29 is 15.3 Å². The zero-order chi connectivity index (χ0) is 16.1. The number of nitrogens with zero attached hydrogens (tertiary/aromatic N) is 4. The smallest absolute Gasteiger partial charge is 0.191 e. The van der Waals surface area contributed by atoms with E-state index in [1.807, 2.05) is 6.26 Å². The lowest BCUT2D eigenvalue weighted by molar-refractivity contribution is 0.0122. The Morgan fingerprint density at radius 3 is 2.82 bits per heavy atom. The van der Waals surface area contributed by atoms with Crippen molar-refractivity contribution in [2.24, 2.45) is 5.41 Å². The van der Waals surface area contributed by atoms with Crippen LogP contribution in [0.3, 0.4) is 0 Å². The summed E-state index contributed by atoms with van der Waals surface area (Å²) in [5.41, 5.74) is 6.40. The number of nitrogen functional groups attached to an aromatic ring is 1. The van der Waals surface area contributed by atoms with E-state index in [1.54, 1.807) is 11.5 Å². The molecule has 0 saturated heterocycles. The minimum Gasteiger partial charge on any atom is -0.508 e. The van der Waals surface area contributed by atoms with Crippen molar-refractivity contribution in [1.82, 2.24) is 19.5 Å². The lowest BCUT2D eigenvalue weighted by atomic mass is 9.86. The average molecular weight is 323 g/mol. The largest absolute Gasteiger partial charge is 0.508 e. The number of hydrogen-bond donors (Lipinski definition) is 4. The molecule has 0 aromatic carbocycles. The number of allylic oxidation sites excluding steroid dienone is 1. The maximum absolute atomic E-state index is 10.2. The van der Waals surface area contributed by atoms with Gasteiger partial charge in [-0.2, -0.15) is 0 Å². The Hall–Kier alpha value is -1.84. The fraction of sp³-hybridized carbons (Fsp3) is 0.462. The van der Waals surface area contributed by atoms with Crippen LogP contribution in [0.15, 0.2) is 17.2 Å². The summed E-state index contributed by atoms with van der Waals surface area (Å²) in [6.45, 7) is 1.46. The van der Waals surface area contributed by atoms with Crippen LogP contribution < -0.4 is 5.73 Å². The highest BCUT2D eigenvalue weighted by atomic mass is 32.2. The summed E-state index contributed by atoms with van der Waals surface area (Å²) >= 11 is 1.35. The van der Waals surface area contributed by atoms with Crippen LogP contribution in [0, 0.1) is 5.41 Å². The predicted octanol–water partition coefficient (Wildman–Crippen LogP) is 0.620. The monoisotopic (exact) mass is 323 g/mol. The van der Waals surface area contributed by atoms with Gasteiger partial charge in [0.25, 0.3) is 0 Å². The van der Waals surface area contributed by atoms with Crippen molar-refractivity contribution in [2.75, 3.05) is 18.6 Å². The van der Waals surface area contributed by atoms with Crippen LogP contribution in [0.1, 0.15) is 13.3 Å². The van der Waals surface area contributed by atoms with Crippen LogP contribution >= 0.6 is 11.8 Å². The summed E-state index contributed by atoms with van der Waals surface area (Å²) in [7, 11) is 0. The van der Waals surface area contributed by atoms with Gasteiger partial charge in [-0.3, -0.25) is 4.57 Å². The van der Waals surface area contributed by atoms with Gasteiger partial charge in [0.15, 0.2) is 22.1 Å². The van der Waals surface area contributed by atoms with E-state index >= 15 is 0 Å². The molecule has 8 nitrogen and oxygen atoms in total. The van der Waals surface area contributed by atoms with E-state index in [9.17, 15) is 15.3 Å². The third kappa shape index (κ3) is 2.04. The molecule has 0 bridgehead atoms. The minimum atomic E-state index is -1.14. The number of rotatable bonds is 3. The summed E-state index contributed by atoms with van der Waals surface area (Å²) in [5.74, 6) is 0.0791. The Balaban J connectivity index is 2.17. The van der Waals surface area contributed by atoms with Gasteiger partial charge in [0, 0.05) is 11.8 Å². The molecule has 0 unspecified atom stereocenters. The maximum atomic E-state index is 10.2. The molecule has 1 aliphatic rings. The Morgan fingerprint density at radius 1 is 1.50 bits per heavy atom. The van der Waals surface area contributed by atoms with Gasteiger partial charge in [0.2, 0.25) is 0 Å². The number of hydrogen-bond acceptors (Lipinski definition) is 8. The van der Waals surface area contributed by atoms with Crippen molar-refractivity contribution in [3.63, 3.8) is 0 Å². The number of aliphatic hydroxyl groups excluding tert-OH is 3. The average Bonchev–Trinajstić information content (AvgIpc) is 3.03. The normalized spacial score (nSPS) is 25.4. The fourth-order valence-corrected chi connectivity index (χ4v) is 2.97. The summed E-state index contributed by atoms with van der Waals surface area (Å²) in [5, 5.41) is 30.4. The first kappa shape index (κ1) is 15.1. The number of fused-ring (bicyclic) bond motifs is 1. The van der Waals surface area contributed by atoms with Crippen molar-refractivity contribution in [3.8, 4) is 0 Å². The lowest BCUT2D eigenvalue weighted by Gasteiger charge is -2.25. The molecule has 2 atom stereocenters. The van der Waals surface area contributed by atoms with Gasteiger partial charge in [-0.15, -0.1) is 0 Å². The summed E-state index contributed by atoms with van der Waals surface area (Å²) in [6.07, 6.45) is 2.48. The highest BCUT2D eigenvalue weighted by molar-refractivity contribution is 7.98. The van der Waals surface area contributed by atoms with E-state index in [1.165, 1.54) is 18.1 Å². The molecule has 3 rings (SSSR count). The van der Waals surface area contributed by atoms with Gasteiger partial charge in [-0.25, -0.2) is 15.0 Å².